The van der Waals surface area contributed by atoms with Gasteiger partial charge in [0, 0.05) is 16.5 Å². The van der Waals surface area contributed by atoms with Crippen LogP contribution in [0.25, 0.3) is 16.8 Å². The number of aryl methyl sites for hydroxylation is 3. The van der Waals surface area contributed by atoms with E-state index >= 15 is 0 Å². The van der Waals surface area contributed by atoms with Gasteiger partial charge in [-0.1, -0.05) is 93.9 Å². The minimum Gasteiger partial charge on any atom is -0.309 e. The number of fused-ring (bicyclic) bond motifs is 4. The van der Waals surface area contributed by atoms with E-state index in [1.54, 1.807) is 0 Å². The van der Waals surface area contributed by atoms with Crippen LogP contribution in [0.3, 0.4) is 0 Å². The lowest BCUT2D eigenvalue weighted by molar-refractivity contribution is 0.0990. The molecule has 0 radical (unpaired) electrons. The molecule has 2 aliphatic rings. The van der Waals surface area contributed by atoms with Crippen molar-refractivity contribution in [3.8, 4) is 0 Å². The second-order valence-electron chi connectivity index (χ2n) is 13.5. The molecule has 1 aliphatic heterocycles. The molecule has 0 spiro atoms. The predicted molar refractivity (Wildman–Crippen MR) is 186 cm³/mol. The van der Waals surface area contributed by atoms with Crippen molar-refractivity contribution in [3.63, 3.8) is 0 Å². The summed E-state index contributed by atoms with van der Waals surface area (Å²) in [6.07, 6.45) is 1.81. The van der Waals surface area contributed by atoms with Gasteiger partial charge in [0.1, 0.15) is 0 Å². The van der Waals surface area contributed by atoms with Crippen molar-refractivity contribution < 1.29 is 9.59 Å². The van der Waals surface area contributed by atoms with Gasteiger partial charge < -0.3 is 4.90 Å². The molecule has 0 N–H and O–H groups in total. The fraction of sp³-hybridized carbons (Fsp3) is 0.238. The zero-order chi connectivity index (χ0) is 31.8. The van der Waals surface area contributed by atoms with Gasteiger partial charge in [0.25, 0.3) is 0 Å². The van der Waals surface area contributed by atoms with E-state index in [4.69, 9.17) is 0 Å². The van der Waals surface area contributed by atoms with E-state index in [-0.39, 0.29) is 34.4 Å². The van der Waals surface area contributed by atoms with E-state index in [0.717, 1.165) is 22.0 Å². The highest BCUT2D eigenvalue weighted by molar-refractivity contribution is 6.42. The van der Waals surface area contributed by atoms with Gasteiger partial charge in [-0.15, -0.1) is 0 Å². The highest BCUT2D eigenvalue weighted by Crippen LogP contribution is 2.58. The molecule has 0 saturated carbocycles. The number of benzene rings is 5. The van der Waals surface area contributed by atoms with Crippen LogP contribution in [-0.2, 0) is 5.41 Å². The van der Waals surface area contributed by atoms with Gasteiger partial charge in [0.15, 0.2) is 11.6 Å². The van der Waals surface area contributed by atoms with Crippen LogP contribution >= 0.6 is 0 Å². The zero-order valence-electron chi connectivity index (χ0n) is 27.2. The summed E-state index contributed by atoms with van der Waals surface area (Å²) in [6.45, 7) is 15.8. The van der Waals surface area contributed by atoms with Crippen LogP contribution in [0.1, 0.15) is 81.8 Å². The van der Waals surface area contributed by atoms with Gasteiger partial charge in [-0.25, -0.2) is 0 Å². The summed E-state index contributed by atoms with van der Waals surface area (Å²) in [7, 11) is 0. The molecule has 7 rings (SSSR count). The van der Waals surface area contributed by atoms with Crippen LogP contribution in [0.5, 0.6) is 0 Å². The van der Waals surface area contributed by atoms with Gasteiger partial charge in [-0.2, -0.15) is 0 Å². The van der Waals surface area contributed by atoms with Gasteiger partial charge in [-0.05, 0) is 108 Å². The number of ketones is 2. The summed E-state index contributed by atoms with van der Waals surface area (Å²) in [4.78, 5) is 29.8. The second-order valence-corrected chi connectivity index (χ2v) is 13.5. The molecule has 0 unspecified atom stereocenters. The lowest BCUT2D eigenvalue weighted by Crippen LogP contribution is -2.44. The Morgan fingerprint density at radius 1 is 0.622 bits per heavy atom. The first-order valence-electron chi connectivity index (χ1n) is 16.0. The molecule has 45 heavy (non-hydrogen) atoms. The molecule has 3 nitrogen and oxygen atoms in total. The van der Waals surface area contributed by atoms with Crippen molar-refractivity contribution in [2.24, 2.45) is 11.8 Å². The van der Waals surface area contributed by atoms with Crippen LogP contribution in [0.2, 0.25) is 0 Å². The number of rotatable bonds is 4. The standard InChI is InChI=1S/C42H39NO2/c1-24(2)42(25(3)4)35-14-10-11-15-37(35)43(39-27(6)18-26(5)19-28(39)7)38-17-16-29(21-36(38)42)20-34-40(44)32-22-30-12-8-9-13-31(30)23-33(32)41(34)45/h8-25H,1-7H3. The topological polar surface area (TPSA) is 37.4 Å². The Morgan fingerprint density at radius 2 is 1.16 bits per heavy atom. The molecule has 0 saturated heterocycles. The zero-order valence-corrected chi connectivity index (χ0v) is 27.2. The number of carbonyl (C=O) groups excluding carboxylic acids is 2. The van der Waals surface area contributed by atoms with E-state index < -0.39 is 0 Å². The third kappa shape index (κ3) is 4.17. The van der Waals surface area contributed by atoms with E-state index in [0.29, 0.717) is 11.1 Å². The fourth-order valence-electron chi connectivity index (χ4n) is 8.45. The van der Waals surface area contributed by atoms with E-state index in [1.807, 2.05) is 42.5 Å². The number of carbonyl (C=O) groups is 2. The van der Waals surface area contributed by atoms with Gasteiger partial charge in [0.2, 0.25) is 0 Å². The Morgan fingerprint density at radius 3 is 1.73 bits per heavy atom. The number of hydrogen-bond acceptors (Lipinski definition) is 3. The molecule has 0 amide bonds. The maximum Gasteiger partial charge on any atom is 0.197 e. The van der Waals surface area contributed by atoms with Crippen LogP contribution in [0.4, 0.5) is 17.1 Å². The number of anilines is 3. The van der Waals surface area contributed by atoms with Crippen molar-refractivity contribution in [2.45, 2.75) is 53.9 Å². The van der Waals surface area contributed by atoms with Crippen molar-refractivity contribution in [3.05, 3.63) is 141 Å². The normalized spacial score (nSPS) is 15.1. The smallest absolute Gasteiger partial charge is 0.197 e. The maximum absolute atomic E-state index is 13.7. The second kappa shape index (κ2) is 10.4. The van der Waals surface area contributed by atoms with Gasteiger partial charge in [-0.3, -0.25) is 9.59 Å². The van der Waals surface area contributed by atoms with Gasteiger partial charge in [0.05, 0.1) is 22.6 Å². The SMILES string of the molecule is Cc1cc(C)c(N2c3ccccc3C(C(C)C)(C(C)C)c3cc(C=C4C(=O)c5cc6ccccc6cc5C4=O)ccc32)c(C)c1. The van der Waals surface area contributed by atoms with Gasteiger partial charge >= 0.3 is 0 Å². The Kier molecular flexibility index (Phi) is 6.70. The minimum atomic E-state index is -0.284. The van der Waals surface area contributed by atoms with Crippen LogP contribution in [-0.4, -0.2) is 11.6 Å². The number of para-hydroxylation sites is 1. The first-order valence-corrected chi connectivity index (χ1v) is 16.0. The number of nitrogens with zero attached hydrogens (tertiary/aromatic N) is 1. The third-order valence-electron chi connectivity index (χ3n) is 10.2. The Labute approximate surface area is 266 Å². The summed E-state index contributed by atoms with van der Waals surface area (Å²) >= 11 is 0. The first kappa shape index (κ1) is 29.0. The lowest BCUT2D eigenvalue weighted by atomic mass is 9.58. The molecule has 0 aromatic heterocycles. The predicted octanol–water partition coefficient (Wildman–Crippen LogP) is 10.6. The molecular weight excluding hydrogens is 550 g/mol. The monoisotopic (exact) mass is 589 g/mol. The molecule has 1 heterocycles. The fourth-order valence-corrected chi connectivity index (χ4v) is 8.45. The van der Waals surface area contributed by atoms with Crippen LogP contribution in [0, 0.1) is 32.6 Å². The summed E-state index contributed by atoms with van der Waals surface area (Å²) < 4.78 is 0. The lowest BCUT2D eigenvalue weighted by Gasteiger charge is -2.51. The summed E-state index contributed by atoms with van der Waals surface area (Å²) in [5.41, 5.74) is 11.6. The Hall–Kier alpha value is -4.76. The number of hydrogen-bond donors (Lipinski definition) is 0. The minimum absolute atomic E-state index is 0.199. The van der Waals surface area contributed by atoms with Crippen LogP contribution < -0.4 is 4.90 Å². The van der Waals surface area contributed by atoms with Crippen molar-refractivity contribution in [2.75, 3.05) is 4.90 Å². The van der Waals surface area contributed by atoms with E-state index in [9.17, 15) is 9.59 Å². The number of allylic oxidation sites excluding steroid dienone is 1. The maximum atomic E-state index is 13.7. The molecule has 3 heteroatoms. The summed E-state index contributed by atoms with van der Waals surface area (Å²) in [5.74, 6) is 0.175. The highest BCUT2D eigenvalue weighted by Gasteiger charge is 2.48. The van der Waals surface area contributed by atoms with E-state index in [1.165, 1.54) is 39.2 Å². The molecule has 0 bridgehead atoms. The molecular formula is C42H39NO2. The molecule has 5 aromatic carbocycles. The molecule has 0 atom stereocenters. The highest BCUT2D eigenvalue weighted by atomic mass is 16.2. The molecule has 1 aliphatic carbocycles. The first-order chi connectivity index (χ1) is 21.5. The third-order valence-corrected chi connectivity index (χ3v) is 10.2. The van der Waals surface area contributed by atoms with Crippen molar-refractivity contribution in [1.82, 2.24) is 0 Å². The van der Waals surface area contributed by atoms with Crippen LogP contribution in [0.15, 0.2) is 96.6 Å². The molecule has 0 fully saturated rings. The summed E-state index contributed by atoms with van der Waals surface area (Å²) in [6, 6.07) is 31.5. The van der Waals surface area contributed by atoms with E-state index in [2.05, 4.69) is 108 Å². The average Bonchev–Trinajstić information content (AvgIpc) is 3.22. The largest absolute Gasteiger partial charge is 0.309 e. The van der Waals surface area contributed by atoms with Crippen molar-refractivity contribution >= 4 is 45.5 Å². The Balaban J connectivity index is 1.46. The average molecular weight is 590 g/mol. The van der Waals surface area contributed by atoms with Crippen molar-refractivity contribution in [1.29, 1.82) is 0 Å². The molecule has 5 aromatic rings. The quantitative estimate of drug-likeness (QED) is 0.155. The molecule has 224 valence electrons. The summed E-state index contributed by atoms with van der Waals surface area (Å²) in [5, 5.41) is 1.93. The Bertz CT molecular complexity index is 2010. The number of Topliss-reactive ketones (excluding diaryl/α,β-unsaturated/α-hetero) is 2.